The number of hydrogen-bond donors (Lipinski definition) is 1. The lowest BCUT2D eigenvalue weighted by Crippen LogP contribution is -2.56. The van der Waals surface area contributed by atoms with Crippen LogP contribution < -0.4 is 5.32 Å². The van der Waals surface area contributed by atoms with Crippen LogP contribution in [0.25, 0.3) is 0 Å². The van der Waals surface area contributed by atoms with E-state index in [4.69, 9.17) is 4.74 Å². The van der Waals surface area contributed by atoms with Crippen LogP contribution in [-0.4, -0.2) is 18.7 Å². The molecule has 0 amide bonds. The Morgan fingerprint density at radius 3 is 2.58 bits per heavy atom. The van der Waals surface area contributed by atoms with Gasteiger partial charge in [-0.25, -0.2) is 0 Å². The smallest absolute Gasteiger partial charge is 0.115 e. The predicted octanol–water partition coefficient (Wildman–Crippen LogP) is 1.82. The van der Waals surface area contributed by atoms with Gasteiger partial charge in [-0.3, -0.25) is 0 Å². The fraction of sp³-hybridized carbons (Fsp3) is 0.800. The Hall–Kier alpha value is -0.500. The molecule has 0 aromatic carbocycles. The monoisotopic (exact) mass is 167 g/mol. The Bertz CT molecular complexity index is 210. The third-order valence-corrected chi connectivity index (χ3v) is 2.75. The van der Waals surface area contributed by atoms with Crippen LogP contribution in [0, 0.1) is 0 Å². The molecule has 2 nitrogen and oxygen atoms in total. The van der Waals surface area contributed by atoms with Crippen molar-refractivity contribution in [2.75, 3.05) is 13.2 Å². The van der Waals surface area contributed by atoms with Gasteiger partial charge in [0, 0.05) is 0 Å². The average Bonchev–Trinajstić information content (AvgIpc) is 2.78. The second kappa shape index (κ2) is 2.77. The van der Waals surface area contributed by atoms with Gasteiger partial charge in [-0.2, -0.15) is 0 Å². The first-order chi connectivity index (χ1) is 5.76. The highest BCUT2D eigenvalue weighted by atomic mass is 16.5. The summed E-state index contributed by atoms with van der Waals surface area (Å²) in [6.45, 7) is 6.24. The third-order valence-electron chi connectivity index (χ3n) is 2.75. The number of hydrogen-bond acceptors (Lipinski definition) is 2. The van der Waals surface area contributed by atoms with Crippen LogP contribution in [0.1, 0.15) is 33.1 Å². The van der Waals surface area contributed by atoms with E-state index in [1.54, 1.807) is 0 Å². The molecule has 2 fully saturated rings. The van der Waals surface area contributed by atoms with Crippen molar-refractivity contribution in [3.63, 3.8) is 0 Å². The van der Waals surface area contributed by atoms with E-state index < -0.39 is 0 Å². The summed E-state index contributed by atoms with van der Waals surface area (Å²) in [7, 11) is 0. The summed E-state index contributed by atoms with van der Waals surface area (Å²) in [4.78, 5) is 0. The Morgan fingerprint density at radius 2 is 2.25 bits per heavy atom. The van der Waals surface area contributed by atoms with E-state index in [9.17, 15) is 0 Å². The molecule has 1 saturated carbocycles. The van der Waals surface area contributed by atoms with Crippen molar-refractivity contribution in [3.05, 3.63) is 11.3 Å². The standard InChI is InChI=1S/C10H17NO/c1-3-12-9(8-4-5-8)10(2)6-7-11-10/h11H,3-7H2,1-2H3. The molecule has 1 aliphatic carbocycles. The SMILES string of the molecule is CCOC(=C1CC1)C1(C)CCN1. The lowest BCUT2D eigenvalue weighted by molar-refractivity contribution is 0.124. The highest BCUT2D eigenvalue weighted by Crippen LogP contribution is 2.40. The molecule has 1 unspecified atom stereocenters. The molecule has 0 aromatic rings. The van der Waals surface area contributed by atoms with Gasteiger partial charge in [-0.05, 0) is 45.2 Å². The Kier molecular flexibility index (Phi) is 1.87. The number of ether oxygens (including phenoxy) is 1. The number of allylic oxidation sites excluding steroid dienone is 1. The Labute approximate surface area is 74.0 Å². The minimum Gasteiger partial charge on any atom is -0.496 e. The highest BCUT2D eigenvalue weighted by Gasteiger charge is 2.40. The molecule has 2 rings (SSSR count). The fourth-order valence-corrected chi connectivity index (χ4v) is 1.78. The predicted molar refractivity (Wildman–Crippen MR) is 48.9 cm³/mol. The zero-order valence-electron chi connectivity index (χ0n) is 7.94. The molecular formula is C10H17NO. The minimum atomic E-state index is 0.182. The molecule has 0 radical (unpaired) electrons. The summed E-state index contributed by atoms with van der Waals surface area (Å²) >= 11 is 0. The summed E-state index contributed by atoms with van der Waals surface area (Å²) in [5, 5.41) is 3.45. The third kappa shape index (κ3) is 1.24. The molecule has 2 heteroatoms. The van der Waals surface area contributed by atoms with Crippen LogP contribution in [-0.2, 0) is 4.74 Å². The van der Waals surface area contributed by atoms with Crippen molar-refractivity contribution < 1.29 is 4.74 Å². The quantitative estimate of drug-likeness (QED) is 0.647. The van der Waals surface area contributed by atoms with Crippen molar-refractivity contribution in [3.8, 4) is 0 Å². The van der Waals surface area contributed by atoms with Gasteiger partial charge < -0.3 is 10.1 Å². The molecule has 1 saturated heterocycles. The lowest BCUT2D eigenvalue weighted by atomic mass is 9.87. The van der Waals surface area contributed by atoms with E-state index >= 15 is 0 Å². The molecule has 2 aliphatic rings. The highest BCUT2D eigenvalue weighted by molar-refractivity contribution is 5.30. The summed E-state index contributed by atoms with van der Waals surface area (Å²) in [5.74, 6) is 1.25. The second-order valence-electron chi connectivity index (χ2n) is 3.87. The van der Waals surface area contributed by atoms with Gasteiger partial charge in [0.05, 0.1) is 12.1 Å². The summed E-state index contributed by atoms with van der Waals surface area (Å²) in [5.41, 5.74) is 1.72. The van der Waals surface area contributed by atoms with Crippen LogP contribution in [0.5, 0.6) is 0 Å². The van der Waals surface area contributed by atoms with E-state index in [1.807, 2.05) is 0 Å². The fourth-order valence-electron chi connectivity index (χ4n) is 1.78. The zero-order valence-corrected chi connectivity index (χ0v) is 7.94. The first-order valence-corrected chi connectivity index (χ1v) is 4.86. The van der Waals surface area contributed by atoms with Crippen LogP contribution in [0.4, 0.5) is 0 Å². The van der Waals surface area contributed by atoms with Crippen LogP contribution in [0.2, 0.25) is 0 Å². The van der Waals surface area contributed by atoms with Crippen LogP contribution >= 0.6 is 0 Å². The molecular weight excluding hydrogens is 150 g/mol. The summed E-state index contributed by atoms with van der Waals surface area (Å²) < 4.78 is 5.69. The van der Waals surface area contributed by atoms with Gasteiger partial charge in [0.25, 0.3) is 0 Å². The van der Waals surface area contributed by atoms with Crippen molar-refractivity contribution in [2.24, 2.45) is 0 Å². The molecule has 0 aromatic heterocycles. The second-order valence-corrected chi connectivity index (χ2v) is 3.87. The van der Waals surface area contributed by atoms with Gasteiger partial charge in [0.1, 0.15) is 5.76 Å². The normalized spacial score (nSPS) is 32.7. The van der Waals surface area contributed by atoms with E-state index in [1.165, 1.54) is 30.6 Å². The molecule has 0 bridgehead atoms. The van der Waals surface area contributed by atoms with Gasteiger partial charge in [-0.15, -0.1) is 0 Å². The first kappa shape index (κ1) is 8.11. The van der Waals surface area contributed by atoms with Crippen molar-refractivity contribution in [1.29, 1.82) is 0 Å². The molecule has 1 aliphatic heterocycles. The summed E-state index contributed by atoms with van der Waals surface area (Å²) in [6.07, 6.45) is 3.74. The van der Waals surface area contributed by atoms with Crippen molar-refractivity contribution in [2.45, 2.75) is 38.6 Å². The molecule has 1 N–H and O–H groups in total. The van der Waals surface area contributed by atoms with Gasteiger partial charge in [0.2, 0.25) is 0 Å². The van der Waals surface area contributed by atoms with Gasteiger partial charge in [-0.1, -0.05) is 0 Å². The Morgan fingerprint density at radius 1 is 1.58 bits per heavy atom. The number of rotatable bonds is 3. The maximum atomic E-state index is 5.69. The molecule has 1 atom stereocenters. The van der Waals surface area contributed by atoms with E-state index in [-0.39, 0.29) is 5.54 Å². The van der Waals surface area contributed by atoms with Crippen molar-refractivity contribution in [1.82, 2.24) is 5.32 Å². The number of nitrogens with one attached hydrogen (secondary N) is 1. The van der Waals surface area contributed by atoms with Crippen molar-refractivity contribution >= 4 is 0 Å². The van der Waals surface area contributed by atoms with E-state index in [2.05, 4.69) is 19.2 Å². The molecule has 1 heterocycles. The van der Waals surface area contributed by atoms with E-state index in [0.717, 1.165) is 13.2 Å². The van der Waals surface area contributed by atoms with Crippen LogP contribution in [0.15, 0.2) is 11.3 Å². The maximum absolute atomic E-state index is 5.69. The Balaban J connectivity index is 2.11. The molecule has 0 spiro atoms. The first-order valence-electron chi connectivity index (χ1n) is 4.86. The molecule has 12 heavy (non-hydrogen) atoms. The maximum Gasteiger partial charge on any atom is 0.115 e. The largest absolute Gasteiger partial charge is 0.496 e. The van der Waals surface area contributed by atoms with E-state index in [0.29, 0.717) is 0 Å². The lowest BCUT2D eigenvalue weighted by Gasteiger charge is -2.41. The van der Waals surface area contributed by atoms with Crippen LogP contribution in [0.3, 0.4) is 0 Å². The average molecular weight is 167 g/mol. The molecule has 68 valence electrons. The summed E-state index contributed by atoms with van der Waals surface area (Å²) in [6, 6.07) is 0. The minimum absolute atomic E-state index is 0.182. The van der Waals surface area contributed by atoms with Gasteiger partial charge in [0.15, 0.2) is 0 Å². The topological polar surface area (TPSA) is 21.3 Å². The zero-order chi connectivity index (χ0) is 8.60. The van der Waals surface area contributed by atoms with Gasteiger partial charge >= 0.3 is 0 Å².